The van der Waals surface area contributed by atoms with E-state index in [0.717, 1.165) is 0 Å². The monoisotopic (exact) mass is 482 g/mol. The van der Waals surface area contributed by atoms with Crippen LogP contribution in [0.1, 0.15) is 30.1 Å². The highest BCUT2D eigenvalue weighted by Crippen LogP contribution is 2.33. The van der Waals surface area contributed by atoms with Crippen LogP contribution in [0.5, 0.6) is 5.75 Å². The number of benzene rings is 2. The van der Waals surface area contributed by atoms with Crippen LogP contribution in [0.3, 0.4) is 0 Å². The lowest BCUT2D eigenvalue weighted by atomic mass is 10.1. The van der Waals surface area contributed by atoms with Crippen molar-refractivity contribution in [2.45, 2.75) is 29.9 Å². The normalized spacial score (nSPS) is 14.7. The molecule has 178 valence electrons. The van der Waals surface area contributed by atoms with Crippen molar-refractivity contribution in [1.82, 2.24) is 9.88 Å². The van der Waals surface area contributed by atoms with Crippen LogP contribution in [0, 0.1) is 0 Å². The highest BCUT2D eigenvalue weighted by atomic mass is 32.2. The quantitative estimate of drug-likeness (QED) is 0.552. The van der Waals surface area contributed by atoms with Crippen LogP contribution in [0.4, 0.5) is 11.4 Å². The number of rotatable bonds is 6. The highest BCUT2D eigenvalue weighted by Gasteiger charge is 2.32. The number of sulfone groups is 1. The molecule has 1 aliphatic rings. The van der Waals surface area contributed by atoms with Crippen molar-refractivity contribution < 1.29 is 22.7 Å². The predicted octanol–water partition coefficient (Wildman–Crippen LogP) is 2.87. The van der Waals surface area contributed by atoms with Crippen LogP contribution in [-0.2, 0) is 14.6 Å². The number of methoxy groups -OCH3 is 1. The van der Waals surface area contributed by atoms with Crippen molar-refractivity contribution in [1.29, 1.82) is 0 Å². The number of hydrogen-bond acceptors (Lipinski definition) is 7. The maximum Gasteiger partial charge on any atom is 0.252 e. The summed E-state index contributed by atoms with van der Waals surface area (Å²) in [7, 11) is -2.12. The number of fused-ring (bicyclic) bond motifs is 1. The Hall–Kier alpha value is -3.66. The molecule has 0 spiro atoms. The number of primary amides is 1. The van der Waals surface area contributed by atoms with Gasteiger partial charge in [-0.05, 0) is 43.2 Å². The fourth-order valence-corrected chi connectivity index (χ4v) is 5.94. The Bertz CT molecular complexity index is 1370. The first kappa shape index (κ1) is 23.5. The predicted molar refractivity (Wildman–Crippen MR) is 129 cm³/mol. The Balaban J connectivity index is 1.77. The van der Waals surface area contributed by atoms with Crippen molar-refractivity contribution in [3.8, 4) is 5.75 Å². The summed E-state index contributed by atoms with van der Waals surface area (Å²) in [5.41, 5.74) is 7.26. The maximum atomic E-state index is 13.4. The van der Waals surface area contributed by atoms with Crippen molar-refractivity contribution in [2.24, 2.45) is 5.73 Å². The standard InChI is InChI=1S/C24H26N4O5S/c1-15(29)28-10-8-18(9-11-28)34(31,32)19-6-7-22-20(13-19)23(21(14-26-22)24(25)30)27-16-4-3-5-17(12-16)33-2/h3-7,12-14,18H,8-11H2,1-2H3,(H2,25,30)(H,26,27). The zero-order valence-corrected chi connectivity index (χ0v) is 19.8. The third-order valence-corrected chi connectivity index (χ3v) is 8.36. The third kappa shape index (κ3) is 4.54. The fraction of sp³-hybridized carbons (Fsp3) is 0.292. The lowest BCUT2D eigenvalue weighted by Crippen LogP contribution is -2.41. The summed E-state index contributed by atoms with van der Waals surface area (Å²) in [4.78, 5) is 29.9. The molecule has 0 atom stereocenters. The SMILES string of the molecule is COc1cccc(Nc2c(C(N)=O)cnc3ccc(S(=O)(=O)C4CCN(C(C)=O)CC4)cc23)c1. The summed E-state index contributed by atoms with van der Waals surface area (Å²) in [5, 5.41) is 3.05. The molecule has 3 aromatic rings. The number of amides is 2. The Morgan fingerprint density at radius 2 is 1.88 bits per heavy atom. The molecule has 34 heavy (non-hydrogen) atoms. The van der Waals surface area contributed by atoms with Gasteiger partial charge >= 0.3 is 0 Å². The van der Waals surface area contributed by atoms with Gasteiger partial charge < -0.3 is 20.7 Å². The van der Waals surface area contributed by atoms with E-state index in [1.807, 2.05) is 0 Å². The van der Waals surface area contributed by atoms with Gasteiger partial charge in [0.25, 0.3) is 5.91 Å². The number of ether oxygens (including phenoxy) is 1. The number of likely N-dealkylation sites (tertiary alicyclic amines) is 1. The van der Waals surface area contributed by atoms with Crippen molar-refractivity contribution in [2.75, 3.05) is 25.5 Å². The van der Waals surface area contributed by atoms with Crippen molar-refractivity contribution >= 4 is 43.9 Å². The van der Waals surface area contributed by atoms with E-state index in [2.05, 4.69) is 10.3 Å². The Labute approximate surface area is 197 Å². The Kier molecular flexibility index (Phi) is 6.43. The zero-order chi connectivity index (χ0) is 24.5. The topological polar surface area (TPSA) is 132 Å². The number of anilines is 2. The number of aromatic nitrogens is 1. The highest BCUT2D eigenvalue weighted by molar-refractivity contribution is 7.92. The summed E-state index contributed by atoms with van der Waals surface area (Å²) >= 11 is 0. The van der Waals surface area contributed by atoms with Crippen molar-refractivity contribution in [3.05, 3.63) is 54.2 Å². The molecular weight excluding hydrogens is 456 g/mol. The van der Waals surface area contributed by atoms with Gasteiger partial charge in [-0.2, -0.15) is 0 Å². The number of hydrogen-bond donors (Lipinski definition) is 2. The molecule has 10 heteroatoms. The Morgan fingerprint density at radius 3 is 2.53 bits per heavy atom. The lowest BCUT2D eigenvalue weighted by molar-refractivity contribution is -0.129. The van der Waals surface area contributed by atoms with Gasteiger partial charge in [-0.25, -0.2) is 8.42 Å². The molecule has 1 fully saturated rings. The van der Waals surface area contributed by atoms with E-state index >= 15 is 0 Å². The van der Waals surface area contributed by atoms with Crippen LogP contribution in [-0.4, -0.2) is 55.6 Å². The molecule has 0 bridgehead atoms. The number of carbonyl (C=O) groups is 2. The molecule has 1 aromatic heterocycles. The average Bonchev–Trinajstić information content (AvgIpc) is 2.83. The van der Waals surface area contributed by atoms with E-state index in [1.54, 1.807) is 42.3 Å². The summed E-state index contributed by atoms with van der Waals surface area (Å²) in [6.45, 7) is 2.30. The van der Waals surface area contributed by atoms with Crippen LogP contribution >= 0.6 is 0 Å². The van der Waals surface area contributed by atoms with Gasteiger partial charge in [0.05, 0.1) is 34.0 Å². The number of nitrogens with one attached hydrogen (secondary N) is 1. The molecule has 2 aromatic carbocycles. The minimum Gasteiger partial charge on any atom is -0.497 e. The second-order valence-corrected chi connectivity index (χ2v) is 10.4. The van der Waals surface area contributed by atoms with Gasteiger partial charge in [0, 0.05) is 43.4 Å². The molecule has 1 saturated heterocycles. The largest absolute Gasteiger partial charge is 0.497 e. The second-order valence-electron chi connectivity index (χ2n) is 8.20. The first-order valence-corrected chi connectivity index (χ1v) is 12.4. The van der Waals surface area contributed by atoms with Crippen LogP contribution < -0.4 is 15.8 Å². The number of pyridine rings is 1. The molecule has 0 unspecified atom stereocenters. The van der Waals surface area contributed by atoms with Gasteiger partial charge in [0.15, 0.2) is 9.84 Å². The first-order chi connectivity index (χ1) is 16.2. The summed E-state index contributed by atoms with van der Waals surface area (Å²) < 4.78 is 32.1. The van der Waals surface area contributed by atoms with Gasteiger partial charge in [0.2, 0.25) is 5.91 Å². The van der Waals surface area contributed by atoms with E-state index in [1.165, 1.54) is 25.3 Å². The van der Waals surface area contributed by atoms with Gasteiger partial charge in [-0.15, -0.1) is 0 Å². The number of carbonyl (C=O) groups excluding carboxylic acids is 2. The van der Waals surface area contributed by atoms with Gasteiger partial charge in [-0.1, -0.05) is 6.07 Å². The minimum absolute atomic E-state index is 0.0557. The Morgan fingerprint density at radius 1 is 1.15 bits per heavy atom. The van der Waals surface area contributed by atoms with E-state index in [9.17, 15) is 18.0 Å². The van der Waals surface area contributed by atoms with E-state index < -0.39 is 21.0 Å². The maximum absolute atomic E-state index is 13.4. The van der Waals surface area contributed by atoms with E-state index in [0.29, 0.717) is 54.0 Å². The minimum atomic E-state index is -3.67. The molecule has 2 heterocycles. The summed E-state index contributed by atoms with van der Waals surface area (Å²) in [5.74, 6) is -0.131. The molecule has 0 radical (unpaired) electrons. The smallest absolute Gasteiger partial charge is 0.252 e. The van der Waals surface area contributed by atoms with Gasteiger partial charge in [0.1, 0.15) is 5.75 Å². The number of nitrogens with two attached hydrogens (primary N) is 1. The fourth-order valence-electron chi connectivity index (χ4n) is 4.19. The summed E-state index contributed by atoms with van der Waals surface area (Å²) in [6, 6.07) is 11.8. The summed E-state index contributed by atoms with van der Waals surface area (Å²) in [6.07, 6.45) is 2.11. The van der Waals surface area contributed by atoms with E-state index in [-0.39, 0.29) is 16.4 Å². The van der Waals surface area contributed by atoms with E-state index in [4.69, 9.17) is 10.5 Å². The second kappa shape index (κ2) is 9.30. The first-order valence-electron chi connectivity index (χ1n) is 10.8. The van der Waals surface area contributed by atoms with Crippen LogP contribution in [0.2, 0.25) is 0 Å². The molecule has 2 amide bonds. The lowest BCUT2D eigenvalue weighted by Gasteiger charge is -2.31. The molecule has 0 saturated carbocycles. The number of nitrogens with zero attached hydrogens (tertiary/aromatic N) is 2. The van der Waals surface area contributed by atoms with Crippen LogP contribution in [0.25, 0.3) is 10.9 Å². The molecule has 4 rings (SSSR count). The molecular formula is C24H26N4O5S. The van der Waals surface area contributed by atoms with Crippen LogP contribution in [0.15, 0.2) is 53.6 Å². The molecule has 0 aliphatic carbocycles. The molecule has 3 N–H and O–H groups in total. The number of piperidine rings is 1. The zero-order valence-electron chi connectivity index (χ0n) is 18.9. The van der Waals surface area contributed by atoms with Gasteiger partial charge in [-0.3, -0.25) is 14.6 Å². The van der Waals surface area contributed by atoms with Crippen molar-refractivity contribution in [3.63, 3.8) is 0 Å². The third-order valence-electron chi connectivity index (χ3n) is 6.10. The molecule has 9 nitrogen and oxygen atoms in total. The average molecular weight is 483 g/mol. The molecule has 1 aliphatic heterocycles.